The number of benzene rings is 1. The summed E-state index contributed by atoms with van der Waals surface area (Å²) in [6, 6.07) is 8.60. The second-order valence-corrected chi connectivity index (χ2v) is 8.10. The Kier molecular flexibility index (Phi) is 5.10. The van der Waals surface area contributed by atoms with Crippen LogP contribution in [0.4, 0.5) is 5.95 Å². The second-order valence-electron chi connectivity index (χ2n) is 8.10. The third-order valence-electron chi connectivity index (χ3n) is 5.83. The molecular weight excluding hydrogens is 336 g/mol. The zero-order chi connectivity index (χ0) is 18.8. The van der Waals surface area contributed by atoms with Gasteiger partial charge in [0.15, 0.2) is 0 Å². The Morgan fingerprint density at radius 3 is 2.59 bits per heavy atom. The molecule has 27 heavy (non-hydrogen) atoms. The van der Waals surface area contributed by atoms with Gasteiger partial charge in [-0.15, -0.1) is 0 Å². The summed E-state index contributed by atoms with van der Waals surface area (Å²) in [6.45, 7) is 6.72. The van der Waals surface area contributed by atoms with Crippen LogP contribution in [0.5, 0.6) is 0 Å². The maximum atomic E-state index is 12.8. The zero-order valence-electron chi connectivity index (χ0n) is 16.2. The summed E-state index contributed by atoms with van der Waals surface area (Å²) in [5.74, 6) is 2.25. The van der Waals surface area contributed by atoms with Crippen LogP contribution >= 0.6 is 0 Å². The van der Waals surface area contributed by atoms with Crippen molar-refractivity contribution in [1.29, 1.82) is 0 Å². The molecule has 1 aliphatic heterocycles. The largest absolute Gasteiger partial charge is 0.354 e. The van der Waals surface area contributed by atoms with Gasteiger partial charge >= 0.3 is 0 Å². The number of hydrogen-bond acceptors (Lipinski definition) is 4. The smallest absolute Gasteiger partial charge is 0.226 e. The van der Waals surface area contributed by atoms with Crippen LogP contribution in [0, 0.1) is 25.7 Å². The minimum Gasteiger partial charge on any atom is -0.354 e. The fraction of sp³-hybridized carbons (Fsp3) is 0.500. The predicted molar refractivity (Wildman–Crippen MR) is 107 cm³/mol. The number of anilines is 1. The molecule has 1 saturated carbocycles. The van der Waals surface area contributed by atoms with E-state index in [0.29, 0.717) is 23.7 Å². The topological polar surface area (TPSA) is 58.1 Å². The van der Waals surface area contributed by atoms with Crippen molar-refractivity contribution < 1.29 is 4.79 Å². The van der Waals surface area contributed by atoms with Crippen LogP contribution in [-0.2, 0) is 4.79 Å². The molecule has 5 heteroatoms. The van der Waals surface area contributed by atoms with E-state index in [1.807, 2.05) is 19.3 Å². The number of nitrogens with one attached hydrogen (secondary N) is 1. The average Bonchev–Trinajstić information content (AvgIpc) is 3.48. The van der Waals surface area contributed by atoms with Crippen LogP contribution in [0.1, 0.15) is 41.9 Å². The van der Waals surface area contributed by atoms with Gasteiger partial charge in [0.2, 0.25) is 11.9 Å². The molecule has 2 heterocycles. The molecule has 142 valence electrons. The molecule has 2 aliphatic rings. The van der Waals surface area contributed by atoms with Gasteiger partial charge in [0.1, 0.15) is 0 Å². The minimum atomic E-state index is 0.197. The molecule has 2 atom stereocenters. The first-order valence-corrected chi connectivity index (χ1v) is 9.98. The highest BCUT2D eigenvalue weighted by atomic mass is 16.2. The number of likely N-dealkylation sites (tertiary alicyclic amines) is 1. The molecular formula is C22H28N4O. The first-order valence-electron chi connectivity index (χ1n) is 9.98. The van der Waals surface area contributed by atoms with Crippen LogP contribution in [0.3, 0.4) is 0 Å². The Hall–Kier alpha value is -2.43. The van der Waals surface area contributed by atoms with Gasteiger partial charge in [0.05, 0.1) is 0 Å². The van der Waals surface area contributed by atoms with E-state index in [1.165, 1.54) is 11.1 Å². The molecule has 1 aliphatic carbocycles. The Balaban J connectivity index is 1.23. The number of carbonyl (C=O) groups is 1. The maximum absolute atomic E-state index is 12.8. The van der Waals surface area contributed by atoms with Crippen LogP contribution in [-0.4, -0.2) is 40.4 Å². The third kappa shape index (κ3) is 4.29. The average molecular weight is 364 g/mol. The van der Waals surface area contributed by atoms with Gasteiger partial charge in [-0.1, -0.05) is 29.8 Å². The van der Waals surface area contributed by atoms with Gasteiger partial charge in [-0.25, -0.2) is 9.97 Å². The lowest BCUT2D eigenvalue weighted by molar-refractivity contribution is -0.134. The number of nitrogens with zero attached hydrogens (tertiary/aromatic N) is 3. The van der Waals surface area contributed by atoms with Crippen LogP contribution in [0.25, 0.3) is 0 Å². The SMILES string of the molecule is Cc1cnc(NCC2CCN(C(=O)C3CC3c3cccc(C)c3)CC2)nc1. The normalized spacial score (nSPS) is 22.5. The standard InChI is InChI=1S/C22H28N4O/c1-15-4-3-5-18(10-15)19-11-20(19)21(27)26-8-6-17(7-9-26)14-25-22-23-12-16(2)13-24-22/h3-5,10,12-13,17,19-20H,6-9,11,14H2,1-2H3,(H,23,24,25). The van der Waals surface area contributed by atoms with Crippen molar-refractivity contribution in [1.82, 2.24) is 14.9 Å². The van der Waals surface area contributed by atoms with E-state index in [1.54, 1.807) is 0 Å². The molecule has 4 rings (SSSR count). The minimum absolute atomic E-state index is 0.197. The Morgan fingerprint density at radius 2 is 1.89 bits per heavy atom. The lowest BCUT2D eigenvalue weighted by Crippen LogP contribution is -2.40. The van der Waals surface area contributed by atoms with Crippen molar-refractivity contribution in [2.45, 2.75) is 39.0 Å². The number of amides is 1. The Bertz CT molecular complexity index is 796. The van der Waals surface area contributed by atoms with Crippen LogP contribution in [0.2, 0.25) is 0 Å². The fourth-order valence-corrected chi connectivity index (χ4v) is 4.05. The van der Waals surface area contributed by atoms with Crippen molar-refractivity contribution in [3.63, 3.8) is 0 Å². The van der Waals surface area contributed by atoms with E-state index < -0.39 is 0 Å². The first kappa shape index (κ1) is 18.0. The molecule has 1 N–H and O–H groups in total. The van der Waals surface area contributed by atoms with Crippen molar-refractivity contribution in [3.05, 3.63) is 53.3 Å². The van der Waals surface area contributed by atoms with Gasteiger partial charge in [-0.2, -0.15) is 0 Å². The monoisotopic (exact) mass is 364 g/mol. The highest BCUT2D eigenvalue weighted by Crippen LogP contribution is 2.48. The highest BCUT2D eigenvalue weighted by Gasteiger charge is 2.46. The molecule has 0 spiro atoms. The van der Waals surface area contributed by atoms with E-state index in [-0.39, 0.29) is 5.92 Å². The maximum Gasteiger partial charge on any atom is 0.226 e. The lowest BCUT2D eigenvalue weighted by atomic mass is 9.96. The molecule has 1 saturated heterocycles. The van der Waals surface area contributed by atoms with E-state index in [4.69, 9.17) is 0 Å². The summed E-state index contributed by atoms with van der Waals surface area (Å²) >= 11 is 0. The van der Waals surface area contributed by atoms with Gasteiger partial charge in [-0.05, 0) is 56.1 Å². The Labute approximate surface area is 161 Å². The summed E-state index contributed by atoms with van der Waals surface area (Å²) in [5.41, 5.74) is 3.67. The molecule has 2 aromatic rings. The van der Waals surface area contributed by atoms with Gasteiger partial charge in [-0.3, -0.25) is 4.79 Å². The first-order chi connectivity index (χ1) is 13.1. The van der Waals surface area contributed by atoms with Crippen molar-refractivity contribution in [3.8, 4) is 0 Å². The highest BCUT2D eigenvalue weighted by molar-refractivity contribution is 5.83. The number of aryl methyl sites for hydroxylation is 2. The molecule has 2 unspecified atom stereocenters. The number of aromatic nitrogens is 2. The number of piperidine rings is 1. The molecule has 1 aromatic heterocycles. The summed E-state index contributed by atoms with van der Waals surface area (Å²) in [7, 11) is 0. The van der Waals surface area contributed by atoms with Gasteiger partial charge in [0, 0.05) is 37.9 Å². The molecule has 0 radical (unpaired) electrons. The number of rotatable bonds is 5. The van der Waals surface area contributed by atoms with Crippen molar-refractivity contribution in [2.24, 2.45) is 11.8 Å². The number of carbonyl (C=O) groups excluding carboxylic acids is 1. The zero-order valence-corrected chi connectivity index (χ0v) is 16.2. The molecule has 5 nitrogen and oxygen atoms in total. The molecule has 1 aromatic carbocycles. The van der Waals surface area contributed by atoms with E-state index in [0.717, 1.165) is 44.5 Å². The quantitative estimate of drug-likeness (QED) is 0.881. The van der Waals surface area contributed by atoms with Gasteiger partial charge < -0.3 is 10.2 Å². The predicted octanol–water partition coefficient (Wildman–Crippen LogP) is 3.55. The number of hydrogen-bond donors (Lipinski definition) is 1. The summed E-state index contributed by atoms with van der Waals surface area (Å²) < 4.78 is 0. The van der Waals surface area contributed by atoms with E-state index in [9.17, 15) is 4.79 Å². The second kappa shape index (κ2) is 7.67. The van der Waals surface area contributed by atoms with Gasteiger partial charge in [0.25, 0.3) is 0 Å². The summed E-state index contributed by atoms with van der Waals surface area (Å²) in [6.07, 6.45) is 6.77. The molecule has 0 bridgehead atoms. The van der Waals surface area contributed by atoms with E-state index >= 15 is 0 Å². The van der Waals surface area contributed by atoms with Crippen molar-refractivity contribution >= 4 is 11.9 Å². The van der Waals surface area contributed by atoms with Crippen LogP contribution in [0.15, 0.2) is 36.7 Å². The Morgan fingerprint density at radius 1 is 1.15 bits per heavy atom. The molecule has 2 fully saturated rings. The molecule has 1 amide bonds. The third-order valence-corrected chi connectivity index (χ3v) is 5.83. The van der Waals surface area contributed by atoms with E-state index in [2.05, 4.69) is 51.4 Å². The van der Waals surface area contributed by atoms with Crippen LogP contribution < -0.4 is 5.32 Å². The lowest BCUT2D eigenvalue weighted by Gasteiger charge is -2.32. The fourth-order valence-electron chi connectivity index (χ4n) is 4.05. The van der Waals surface area contributed by atoms with Crippen molar-refractivity contribution in [2.75, 3.05) is 25.0 Å². The summed E-state index contributed by atoms with van der Waals surface area (Å²) in [4.78, 5) is 23.5. The summed E-state index contributed by atoms with van der Waals surface area (Å²) in [5, 5.41) is 3.33.